The summed E-state index contributed by atoms with van der Waals surface area (Å²) in [6, 6.07) is 7.84. The second-order valence-electron chi connectivity index (χ2n) is 2.58. The van der Waals surface area contributed by atoms with Crippen LogP contribution in [0.15, 0.2) is 18.2 Å². The van der Waals surface area contributed by atoms with Gasteiger partial charge in [-0.2, -0.15) is 0 Å². The first-order chi connectivity index (χ1) is 7.27. The molecule has 0 unspecified atom stereocenters. The van der Waals surface area contributed by atoms with Crippen molar-refractivity contribution in [2.45, 2.75) is 13.8 Å². The first kappa shape index (κ1) is 11.4. The van der Waals surface area contributed by atoms with Crippen LogP contribution in [-0.4, -0.2) is 19.4 Å². The molecule has 0 aliphatic rings. The Morgan fingerprint density at radius 1 is 1.40 bits per heavy atom. The molecule has 4 nitrogen and oxygen atoms in total. The Bertz CT molecular complexity index is 322. The van der Waals surface area contributed by atoms with Crippen molar-refractivity contribution >= 4 is 6.16 Å². The Morgan fingerprint density at radius 3 is 2.87 bits per heavy atom. The molecule has 0 fully saturated rings. The highest BCUT2D eigenvalue weighted by molar-refractivity contribution is 5.65. The van der Waals surface area contributed by atoms with Crippen molar-refractivity contribution in [2.75, 3.05) is 13.2 Å². The lowest BCUT2D eigenvalue weighted by Crippen LogP contribution is -2.11. The third kappa shape index (κ3) is 3.50. The van der Waals surface area contributed by atoms with Gasteiger partial charge in [-0.1, -0.05) is 12.1 Å². The van der Waals surface area contributed by atoms with Crippen LogP contribution in [0.4, 0.5) is 4.79 Å². The third-order valence-corrected chi connectivity index (χ3v) is 1.53. The average molecular weight is 209 g/mol. The zero-order valence-corrected chi connectivity index (χ0v) is 8.78. The van der Waals surface area contributed by atoms with Crippen molar-refractivity contribution in [1.82, 2.24) is 0 Å². The lowest BCUT2D eigenvalue weighted by atomic mass is 10.3. The molecular formula is C11H13O4. The summed E-state index contributed by atoms with van der Waals surface area (Å²) in [6.07, 6.45) is -0.738. The lowest BCUT2D eigenvalue weighted by Gasteiger charge is -2.08. The molecule has 1 radical (unpaired) electrons. The molecule has 0 aromatic heterocycles. The number of para-hydroxylation sites is 1. The van der Waals surface area contributed by atoms with Crippen LogP contribution >= 0.6 is 0 Å². The maximum Gasteiger partial charge on any atom is 0.513 e. The Hall–Kier alpha value is -1.71. The van der Waals surface area contributed by atoms with E-state index >= 15 is 0 Å². The molecule has 0 bridgehead atoms. The Balaban J connectivity index is 2.70. The molecule has 1 aromatic carbocycles. The van der Waals surface area contributed by atoms with E-state index in [0.717, 1.165) is 0 Å². The fourth-order valence-corrected chi connectivity index (χ4v) is 0.981. The second-order valence-corrected chi connectivity index (χ2v) is 2.58. The maximum absolute atomic E-state index is 11.1. The normalized spacial score (nSPS) is 9.47. The van der Waals surface area contributed by atoms with Crippen molar-refractivity contribution in [3.05, 3.63) is 24.3 Å². The van der Waals surface area contributed by atoms with E-state index in [9.17, 15) is 4.79 Å². The van der Waals surface area contributed by atoms with Gasteiger partial charge in [0.15, 0.2) is 11.5 Å². The molecule has 0 saturated heterocycles. The average Bonchev–Trinajstić information content (AvgIpc) is 2.21. The highest BCUT2D eigenvalue weighted by atomic mass is 16.7. The highest BCUT2D eigenvalue weighted by Crippen LogP contribution is 2.25. The SMILES string of the molecule is CCOC(=O)Oc1ccc[c]c1OCC. The molecule has 0 aliphatic carbocycles. The van der Waals surface area contributed by atoms with Gasteiger partial charge in [-0.25, -0.2) is 4.79 Å². The van der Waals surface area contributed by atoms with E-state index in [1.807, 2.05) is 6.92 Å². The smallest absolute Gasteiger partial charge is 0.489 e. The quantitative estimate of drug-likeness (QED) is 0.564. The van der Waals surface area contributed by atoms with Gasteiger partial charge in [-0.3, -0.25) is 0 Å². The molecule has 0 atom stereocenters. The van der Waals surface area contributed by atoms with Crippen LogP contribution in [0.3, 0.4) is 0 Å². The first-order valence-electron chi connectivity index (χ1n) is 4.76. The standard InChI is InChI=1S/C11H13O4/c1-3-13-9-7-5-6-8-10(9)15-11(12)14-4-2/h5-6,8H,3-4H2,1-2H3. The van der Waals surface area contributed by atoms with Gasteiger partial charge < -0.3 is 14.2 Å². The summed E-state index contributed by atoms with van der Waals surface area (Å²) >= 11 is 0. The van der Waals surface area contributed by atoms with Gasteiger partial charge in [0.1, 0.15) is 0 Å². The zero-order valence-electron chi connectivity index (χ0n) is 8.78. The van der Waals surface area contributed by atoms with E-state index in [1.54, 1.807) is 25.1 Å². The van der Waals surface area contributed by atoms with Gasteiger partial charge in [0, 0.05) is 6.07 Å². The summed E-state index contributed by atoms with van der Waals surface area (Å²) in [5.74, 6) is 0.728. The van der Waals surface area contributed by atoms with Crippen molar-refractivity contribution in [2.24, 2.45) is 0 Å². The van der Waals surface area contributed by atoms with Crippen molar-refractivity contribution in [3.63, 3.8) is 0 Å². The predicted octanol–water partition coefficient (Wildman–Crippen LogP) is 2.42. The van der Waals surface area contributed by atoms with E-state index in [2.05, 4.69) is 10.8 Å². The minimum absolute atomic E-state index is 0.277. The molecule has 1 aromatic rings. The molecule has 0 aliphatic heterocycles. The number of carbonyl (C=O) groups is 1. The number of rotatable bonds is 4. The second kappa shape index (κ2) is 5.90. The van der Waals surface area contributed by atoms with E-state index in [4.69, 9.17) is 9.47 Å². The molecule has 81 valence electrons. The summed E-state index contributed by atoms with van der Waals surface area (Å²) in [5, 5.41) is 0. The molecular weight excluding hydrogens is 196 g/mol. The van der Waals surface area contributed by atoms with Gasteiger partial charge in [0.05, 0.1) is 13.2 Å². The molecule has 0 N–H and O–H groups in total. The van der Waals surface area contributed by atoms with Crippen LogP contribution in [0.5, 0.6) is 11.5 Å². The molecule has 0 heterocycles. The van der Waals surface area contributed by atoms with Gasteiger partial charge in [-0.05, 0) is 19.9 Å². The van der Waals surface area contributed by atoms with Crippen LogP contribution in [0, 0.1) is 6.07 Å². The molecule has 15 heavy (non-hydrogen) atoms. The van der Waals surface area contributed by atoms with Gasteiger partial charge >= 0.3 is 6.16 Å². The summed E-state index contributed by atoms with van der Waals surface area (Å²) in [7, 11) is 0. The number of ether oxygens (including phenoxy) is 3. The number of benzene rings is 1. The minimum atomic E-state index is -0.738. The van der Waals surface area contributed by atoms with Crippen LogP contribution in [0.2, 0.25) is 0 Å². The Kier molecular flexibility index (Phi) is 4.47. The molecule has 0 amide bonds. The monoisotopic (exact) mass is 209 g/mol. The number of carbonyl (C=O) groups excluding carboxylic acids is 1. The van der Waals surface area contributed by atoms with Gasteiger partial charge in [0.25, 0.3) is 0 Å². The van der Waals surface area contributed by atoms with Crippen LogP contribution in [0.25, 0.3) is 0 Å². The largest absolute Gasteiger partial charge is 0.513 e. The van der Waals surface area contributed by atoms with Crippen molar-refractivity contribution in [1.29, 1.82) is 0 Å². The molecule has 0 saturated carbocycles. The van der Waals surface area contributed by atoms with E-state index in [1.165, 1.54) is 0 Å². The van der Waals surface area contributed by atoms with E-state index in [-0.39, 0.29) is 6.61 Å². The van der Waals surface area contributed by atoms with E-state index < -0.39 is 6.16 Å². The van der Waals surface area contributed by atoms with Crippen molar-refractivity contribution in [3.8, 4) is 11.5 Å². The predicted molar refractivity (Wildman–Crippen MR) is 54.1 cm³/mol. The first-order valence-corrected chi connectivity index (χ1v) is 4.76. The highest BCUT2D eigenvalue weighted by Gasteiger charge is 2.09. The van der Waals surface area contributed by atoms with Crippen molar-refractivity contribution < 1.29 is 19.0 Å². The van der Waals surface area contributed by atoms with Crippen LogP contribution in [0.1, 0.15) is 13.8 Å². The van der Waals surface area contributed by atoms with Crippen LogP contribution in [-0.2, 0) is 4.74 Å². The lowest BCUT2D eigenvalue weighted by molar-refractivity contribution is 0.103. The number of hydrogen-bond acceptors (Lipinski definition) is 4. The van der Waals surface area contributed by atoms with Gasteiger partial charge in [0.2, 0.25) is 0 Å². The number of hydrogen-bond donors (Lipinski definition) is 0. The van der Waals surface area contributed by atoms with Crippen LogP contribution < -0.4 is 9.47 Å². The zero-order chi connectivity index (χ0) is 11.1. The molecule has 4 heteroatoms. The van der Waals surface area contributed by atoms with Gasteiger partial charge in [-0.15, -0.1) is 0 Å². The summed E-state index contributed by atoms with van der Waals surface area (Å²) in [5.41, 5.74) is 0. The Morgan fingerprint density at radius 2 is 2.20 bits per heavy atom. The van der Waals surface area contributed by atoms with E-state index in [0.29, 0.717) is 18.1 Å². The molecule has 1 rings (SSSR count). The fourth-order valence-electron chi connectivity index (χ4n) is 0.981. The summed E-state index contributed by atoms with van der Waals surface area (Å²) < 4.78 is 14.8. The third-order valence-electron chi connectivity index (χ3n) is 1.53. The topological polar surface area (TPSA) is 44.8 Å². The summed E-state index contributed by atoms with van der Waals surface area (Å²) in [4.78, 5) is 11.1. The Labute approximate surface area is 88.8 Å². The summed E-state index contributed by atoms with van der Waals surface area (Å²) in [6.45, 7) is 4.32. The fraction of sp³-hybridized carbons (Fsp3) is 0.364. The maximum atomic E-state index is 11.1. The minimum Gasteiger partial charge on any atom is -0.489 e. The molecule has 0 spiro atoms.